The van der Waals surface area contributed by atoms with Gasteiger partial charge >= 0.3 is 0 Å². The van der Waals surface area contributed by atoms with E-state index in [2.05, 4.69) is 21.0 Å². The molecule has 0 bridgehead atoms. The molecule has 1 aliphatic rings. The Bertz CT molecular complexity index is 323. The smallest absolute Gasteiger partial charge is 0.0814 e. The van der Waals surface area contributed by atoms with E-state index in [0.717, 1.165) is 22.6 Å². The van der Waals surface area contributed by atoms with Crippen LogP contribution in [0.3, 0.4) is 0 Å². The Morgan fingerprint density at radius 1 is 1.53 bits per heavy atom. The molecule has 0 amide bonds. The first-order valence-electron chi connectivity index (χ1n) is 5.41. The number of aromatic nitrogens is 2. The molecule has 4 heteroatoms. The van der Waals surface area contributed by atoms with Gasteiger partial charge in [0.05, 0.1) is 10.7 Å². The van der Waals surface area contributed by atoms with E-state index in [0.29, 0.717) is 5.41 Å². The zero-order chi connectivity index (χ0) is 10.9. The standard InChI is InChI=1S/C11H16BrClN2/c1-9-10(13)6-15(14-9)8-11(7-12)4-2-3-5-11/h6H,2-5,7-8H2,1H3. The average molecular weight is 292 g/mol. The van der Waals surface area contributed by atoms with Crippen molar-refractivity contribution in [1.29, 1.82) is 0 Å². The Balaban J connectivity index is 2.12. The molecule has 0 atom stereocenters. The maximum Gasteiger partial charge on any atom is 0.0814 e. The maximum absolute atomic E-state index is 6.01. The van der Waals surface area contributed by atoms with Gasteiger partial charge in [-0.1, -0.05) is 40.4 Å². The van der Waals surface area contributed by atoms with Crippen LogP contribution in [0.1, 0.15) is 31.4 Å². The molecule has 0 radical (unpaired) electrons. The van der Waals surface area contributed by atoms with Crippen LogP contribution in [0, 0.1) is 12.3 Å². The normalized spacial score (nSPS) is 19.7. The van der Waals surface area contributed by atoms with E-state index in [9.17, 15) is 0 Å². The van der Waals surface area contributed by atoms with Gasteiger partial charge in [-0.05, 0) is 25.2 Å². The summed E-state index contributed by atoms with van der Waals surface area (Å²) >= 11 is 9.65. The van der Waals surface area contributed by atoms with Gasteiger partial charge in [-0.15, -0.1) is 0 Å². The molecule has 84 valence electrons. The van der Waals surface area contributed by atoms with Gasteiger partial charge in [-0.2, -0.15) is 5.10 Å². The summed E-state index contributed by atoms with van der Waals surface area (Å²) in [7, 11) is 0. The van der Waals surface area contributed by atoms with E-state index in [1.807, 2.05) is 17.8 Å². The minimum Gasteiger partial charge on any atom is -0.270 e. The lowest BCUT2D eigenvalue weighted by Crippen LogP contribution is -2.25. The summed E-state index contributed by atoms with van der Waals surface area (Å²) in [6, 6.07) is 0. The number of aryl methyl sites for hydroxylation is 1. The SMILES string of the molecule is Cc1nn(CC2(CBr)CCCC2)cc1Cl. The van der Waals surface area contributed by atoms with Crippen molar-refractivity contribution in [1.82, 2.24) is 9.78 Å². The fourth-order valence-electron chi connectivity index (χ4n) is 2.38. The molecular weight excluding hydrogens is 275 g/mol. The summed E-state index contributed by atoms with van der Waals surface area (Å²) < 4.78 is 2.00. The van der Waals surface area contributed by atoms with Gasteiger partial charge in [0.15, 0.2) is 0 Å². The van der Waals surface area contributed by atoms with Crippen LogP contribution in [0.2, 0.25) is 5.02 Å². The van der Waals surface area contributed by atoms with Crippen molar-refractivity contribution in [3.63, 3.8) is 0 Å². The van der Waals surface area contributed by atoms with Gasteiger partial charge < -0.3 is 0 Å². The Hall–Kier alpha value is -0.0200. The first-order valence-corrected chi connectivity index (χ1v) is 6.91. The highest BCUT2D eigenvalue weighted by molar-refractivity contribution is 9.09. The highest BCUT2D eigenvalue weighted by atomic mass is 79.9. The van der Waals surface area contributed by atoms with Crippen molar-refractivity contribution in [2.45, 2.75) is 39.2 Å². The van der Waals surface area contributed by atoms with Crippen molar-refractivity contribution in [3.05, 3.63) is 16.9 Å². The highest BCUT2D eigenvalue weighted by Gasteiger charge is 2.33. The second-order valence-electron chi connectivity index (χ2n) is 4.60. The fraction of sp³-hybridized carbons (Fsp3) is 0.727. The van der Waals surface area contributed by atoms with Gasteiger partial charge in [-0.3, -0.25) is 4.68 Å². The molecule has 15 heavy (non-hydrogen) atoms. The highest BCUT2D eigenvalue weighted by Crippen LogP contribution is 2.41. The molecule has 1 aromatic rings. The van der Waals surface area contributed by atoms with E-state index in [-0.39, 0.29) is 0 Å². The van der Waals surface area contributed by atoms with Crippen molar-refractivity contribution in [3.8, 4) is 0 Å². The molecule has 1 saturated carbocycles. The maximum atomic E-state index is 6.01. The number of nitrogens with zero attached hydrogens (tertiary/aromatic N) is 2. The molecule has 1 aromatic heterocycles. The minimum atomic E-state index is 0.405. The van der Waals surface area contributed by atoms with Crippen LogP contribution in [-0.2, 0) is 6.54 Å². The average Bonchev–Trinajstić information content (AvgIpc) is 2.77. The zero-order valence-electron chi connectivity index (χ0n) is 8.97. The van der Waals surface area contributed by atoms with Crippen LogP contribution >= 0.6 is 27.5 Å². The zero-order valence-corrected chi connectivity index (χ0v) is 11.3. The predicted molar refractivity (Wildman–Crippen MR) is 66.7 cm³/mol. The number of hydrogen-bond donors (Lipinski definition) is 0. The van der Waals surface area contributed by atoms with Gasteiger partial charge in [0.2, 0.25) is 0 Å². The lowest BCUT2D eigenvalue weighted by atomic mass is 9.89. The summed E-state index contributed by atoms with van der Waals surface area (Å²) in [4.78, 5) is 0. The van der Waals surface area contributed by atoms with Gasteiger partial charge in [-0.25, -0.2) is 0 Å². The van der Waals surface area contributed by atoms with Gasteiger partial charge in [0.1, 0.15) is 0 Å². The molecule has 2 rings (SSSR count). The topological polar surface area (TPSA) is 17.8 Å². The number of hydrogen-bond acceptors (Lipinski definition) is 1. The Labute approximate surface area is 104 Å². The molecule has 1 aliphatic carbocycles. The summed E-state index contributed by atoms with van der Waals surface area (Å²) in [6.07, 6.45) is 7.24. The number of halogens is 2. The number of alkyl halides is 1. The molecule has 1 heterocycles. The van der Waals surface area contributed by atoms with E-state index in [4.69, 9.17) is 11.6 Å². The second kappa shape index (κ2) is 4.46. The molecular formula is C11H16BrClN2. The first-order chi connectivity index (χ1) is 7.15. The van der Waals surface area contributed by atoms with Crippen LogP contribution in [-0.4, -0.2) is 15.1 Å². The van der Waals surface area contributed by atoms with Crippen molar-refractivity contribution < 1.29 is 0 Å². The van der Waals surface area contributed by atoms with Crippen molar-refractivity contribution >= 4 is 27.5 Å². The first kappa shape index (κ1) is 11.5. The summed E-state index contributed by atoms with van der Waals surface area (Å²) in [5.41, 5.74) is 1.33. The molecule has 0 aliphatic heterocycles. The third-order valence-electron chi connectivity index (χ3n) is 3.33. The Morgan fingerprint density at radius 3 is 2.67 bits per heavy atom. The quantitative estimate of drug-likeness (QED) is 0.775. The van der Waals surface area contributed by atoms with Gasteiger partial charge in [0.25, 0.3) is 0 Å². The molecule has 0 spiro atoms. The van der Waals surface area contributed by atoms with Crippen molar-refractivity contribution in [2.24, 2.45) is 5.41 Å². The molecule has 0 saturated heterocycles. The lowest BCUT2D eigenvalue weighted by Gasteiger charge is -2.26. The van der Waals surface area contributed by atoms with Gasteiger partial charge in [0, 0.05) is 18.1 Å². The van der Waals surface area contributed by atoms with Crippen molar-refractivity contribution in [2.75, 3.05) is 5.33 Å². The molecule has 0 unspecified atom stereocenters. The molecule has 2 nitrogen and oxygen atoms in total. The van der Waals surface area contributed by atoms with E-state index < -0.39 is 0 Å². The fourth-order valence-corrected chi connectivity index (χ4v) is 3.27. The van der Waals surface area contributed by atoms with Crippen LogP contribution in [0.25, 0.3) is 0 Å². The summed E-state index contributed by atoms with van der Waals surface area (Å²) in [5, 5.41) is 6.27. The summed E-state index contributed by atoms with van der Waals surface area (Å²) in [6.45, 7) is 2.94. The van der Waals surface area contributed by atoms with E-state index >= 15 is 0 Å². The number of rotatable bonds is 3. The van der Waals surface area contributed by atoms with E-state index in [1.165, 1.54) is 25.7 Å². The van der Waals surface area contributed by atoms with Crippen LogP contribution in [0.15, 0.2) is 6.20 Å². The lowest BCUT2D eigenvalue weighted by molar-refractivity contribution is 0.277. The monoisotopic (exact) mass is 290 g/mol. The molecule has 1 fully saturated rings. The largest absolute Gasteiger partial charge is 0.270 e. The predicted octanol–water partition coefficient (Wildman–Crippen LogP) is 3.80. The second-order valence-corrected chi connectivity index (χ2v) is 5.57. The third kappa shape index (κ3) is 2.39. The van der Waals surface area contributed by atoms with Crippen LogP contribution in [0.4, 0.5) is 0 Å². The van der Waals surface area contributed by atoms with Crippen LogP contribution in [0.5, 0.6) is 0 Å². The minimum absolute atomic E-state index is 0.405. The molecule has 0 aromatic carbocycles. The van der Waals surface area contributed by atoms with Crippen LogP contribution < -0.4 is 0 Å². The Morgan fingerprint density at radius 2 is 2.20 bits per heavy atom. The Kier molecular flexibility index (Phi) is 3.41. The summed E-state index contributed by atoms with van der Waals surface area (Å²) in [5.74, 6) is 0. The third-order valence-corrected chi connectivity index (χ3v) is 4.89. The van der Waals surface area contributed by atoms with E-state index in [1.54, 1.807) is 0 Å². The molecule has 0 N–H and O–H groups in total.